The van der Waals surface area contributed by atoms with Crippen molar-refractivity contribution in [2.45, 2.75) is 20.3 Å². The quantitative estimate of drug-likeness (QED) is 0.644. The average Bonchev–Trinajstić information content (AvgIpc) is 2.46. The van der Waals surface area contributed by atoms with Crippen LogP contribution in [0.3, 0.4) is 0 Å². The summed E-state index contributed by atoms with van der Waals surface area (Å²) >= 11 is 0. The van der Waals surface area contributed by atoms with Crippen molar-refractivity contribution in [1.29, 1.82) is 0 Å². The number of nitrogens with zero attached hydrogens (tertiary/aromatic N) is 4. The van der Waals surface area contributed by atoms with Gasteiger partial charge in [0, 0.05) is 6.54 Å². The van der Waals surface area contributed by atoms with E-state index in [0.29, 0.717) is 19.1 Å². The molecular weight excluding hydrogens is 264 g/mol. The van der Waals surface area contributed by atoms with Crippen molar-refractivity contribution < 1.29 is 19.0 Å². The second-order valence-corrected chi connectivity index (χ2v) is 3.84. The number of hydrogen-bond acceptors (Lipinski definition) is 8. The van der Waals surface area contributed by atoms with Gasteiger partial charge in [0.15, 0.2) is 0 Å². The zero-order valence-corrected chi connectivity index (χ0v) is 12.3. The first-order valence-electron chi connectivity index (χ1n) is 6.39. The smallest absolute Gasteiger partial charge is 0.325 e. The molecule has 0 saturated carbocycles. The van der Waals surface area contributed by atoms with Gasteiger partial charge in [0.2, 0.25) is 5.95 Å². The summed E-state index contributed by atoms with van der Waals surface area (Å²) in [5.41, 5.74) is 0. The zero-order chi connectivity index (χ0) is 15.0. The molecule has 0 bridgehead atoms. The predicted molar refractivity (Wildman–Crippen MR) is 72.1 cm³/mol. The Bertz CT molecular complexity index is 419. The van der Waals surface area contributed by atoms with Crippen LogP contribution in [0, 0.1) is 0 Å². The Morgan fingerprint density at radius 2 is 1.70 bits per heavy atom. The summed E-state index contributed by atoms with van der Waals surface area (Å²) in [5, 5.41) is 0. The lowest BCUT2D eigenvalue weighted by Gasteiger charge is -2.21. The Labute approximate surface area is 118 Å². The first-order valence-corrected chi connectivity index (χ1v) is 6.39. The van der Waals surface area contributed by atoms with Crippen molar-refractivity contribution in [2.24, 2.45) is 0 Å². The molecule has 1 aromatic rings. The first kappa shape index (κ1) is 15.9. The molecule has 0 aliphatic rings. The summed E-state index contributed by atoms with van der Waals surface area (Å²) in [6.45, 7) is 4.76. The molecule has 8 nitrogen and oxygen atoms in total. The first-order chi connectivity index (χ1) is 9.64. The highest BCUT2D eigenvalue weighted by atomic mass is 16.5. The molecule has 0 aliphatic carbocycles. The Balaban J connectivity index is 2.97. The molecule has 0 atom stereocenters. The van der Waals surface area contributed by atoms with Crippen LogP contribution in [0.25, 0.3) is 0 Å². The third-order valence-electron chi connectivity index (χ3n) is 2.35. The van der Waals surface area contributed by atoms with Crippen molar-refractivity contribution in [3.63, 3.8) is 0 Å². The second-order valence-electron chi connectivity index (χ2n) is 3.84. The van der Waals surface area contributed by atoms with Crippen LogP contribution in [0.5, 0.6) is 12.0 Å². The highest BCUT2D eigenvalue weighted by molar-refractivity contribution is 5.74. The number of esters is 1. The third-order valence-corrected chi connectivity index (χ3v) is 2.35. The number of anilines is 1. The minimum Gasteiger partial charge on any atom is -0.467 e. The number of carbonyl (C=O) groups excluding carboxylic acids is 1. The molecular formula is C12H20N4O4. The fourth-order valence-corrected chi connectivity index (χ4v) is 1.53. The van der Waals surface area contributed by atoms with Gasteiger partial charge in [-0.05, 0) is 13.3 Å². The number of methoxy groups -OCH3 is 2. The molecule has 0 N–H and O–H groups in total. The predicted octanol–water partition coefficient (Wildman–Crippen LogP) is 0.668. The highest BCUT2D eigenvalue weighted by Gasteiger charge is 2.17. The molecule has 1 aromatic heterocycles. The van der Waals surface area contributed by atoms with Crippen molar-refractivity contribution in [3.05, 3.63) is 0 Å². The van der Waals surface area contributed by atoms with Crippen LogP contribution in [0.15, 0.2) is 0 Å². The molecule has 0 fully saturated rings. The van der Waals surface area contributed by atoms with Crippen LogP contribution in [-0.4, -0.2) is 54.8 Å². The lowest BCUT2D eigenvalue weighted by atomic mass is 10.4. The van der Waals surface area contributed by atoms with Gasteiger partial charge >= 0.3 is 18.0 Å². The Morgan fingerprint density at radius 1 is 1.10 bits per heavy atom. The minimum absolute atomic E-state index is 0.0675. The summed E-state index contributed by atoms with van der Waals surface area (Å²) in [7, 11) is 2.90. The summed E-state index contributed by atoms with van der Waals surface area (Å²) in [6.07, 6.45) is 0.829. The third kappa shape index (κ3) is 4.52. The van der Waals surface area contributed by atoms with E-state index in [2.05, 4.69) is 15.0 Å². The SMILES string of the molecule is CCCN(CC(=O)OCC)c1nc(OC)nc(OC)n1. The monoisotopic (exact) mass is 284 g/mol. The van der Waals surface area contributed by atoms with E-state index in [9.17, 15) is 4.79 Å². The van der Waals surface area contributed by atoms with Gasteiger partial charge in [0.05, 0.1) is 20.8 Å². The van der Waals surface area contributed by atoms with Crippen LogP contribution in [0.2, 0.25) is 0 Å². The maximum Gasteiger partial charge on any atom is 0.325 e. The van der Waals surface area contributed by atoms with Crippen LogP contribution >= 0.6 is 0 Å². The molecule has 0 unspecified atom stereocenters. The number of carbonyl (C=O) groups is 1. The van der Waals surface area contributed by atoms with Crippen LogP contribution in [-0.2, 0) is 9.53 Å². The van der Waals surface area contributed by atoms with Gasteiger partial charge in [-0.1, -0.05) is 6.92 Å². The van der Waals surface area contributed by atoms with Crippen molar-refractivity contribution in [3.8, 4) is 12.0 Å². The number of hydrogen-bond donors (Lipinski definition) is 0. The summed E-state index contributed by atoms with van der Waals surface area (Å²) < 4.78 is 14.9. The molecule has 0 aliphatic heterocycles. The normalized spacial score (nSPS) is 10.0. The molecule has 1 rings (SSSR count). The van der Waals surface area contributed by atoms with Gasteiger partial charge in [-0.2, -0.15) is 9.97 Å². The number of aromatic nitrogens is 3. The van der Waals surface area contributed by atoms with Gasteiger partial charge in [-0.3, -0.25) is 4.79 Å². The average molecular weight is 284 g/mol. The lowest BCUT2D eigenvalue weighted by Crippen LogP contribution is -2.33. The molecule has 20 heavy (non-hydrogen) atoms. The van der Waals surface area contributed by atoms with Crippen LogP contribution < -0.4 is 14.4 Å². The van der Waals surface area contributed by atoms with Gasteiger partial charge in [-0.25, -0.2) is 0 Å². The molecule has 1 heterocycles. The van der Waals surface area contributed by atoms with Crippen molar-refractivity contribution in [1.82, 2.24) is 15.0 Å². The van der Waals surface area contributed by atoms with Gasteiger partial charge < -0.3 is 19.1 Å². The Hall–Kier alpha value is -2.12. The van der Waals surface area contributed by atoms with Gasteiger partial charge in [-0.15, -0.1) is 4.98 Å². The standard InChI is InChI=1S/C12H20N4O4/c1-5-7-16(8-9(17)20-6-2)10-13-11(18-3)15-12(14-10)19-4/h5-8H2,1-4H3. The van der Waals surface area contributed by atoms with Crippen LogP contribution in [0.1, 0.15) is 20.3 Å². The molecule has 0 aromatic carbocycles. The lowest BCUT2D eigenvalue weighted by molar-refractivity contribution is -0.141. The zero-order valence-electron chi connectivity index (χ0n) is 12.3. The Morgan fingerprint density at radius 3 is 2.15 bits per heavy atom. The second kappa shape index (κ2) is 8.13. The van der Waals surface area contributed by atoms with E-state index in [1.54, 1.807) is 11.8 Å². The fraction of sp³-hybridized carbons (Fsp3) is 0.667. The van der Waals surface area contributed by atoms with E-state index in [0.717, 1.165) is 6.42 Å². The van der Waals surface area contributed by atoms with Crippen molar-refractivity contribution >= 4 is 11.9 Å². The van der Waals surface area contributed by atoms with E-state index in [-0.39, 0.29) is 24.5 Å². The van der Waals surface area contributed by atoms with Crippen molar-refractivity contribution in [2.75, 3.05) is 38.8 Å². The van der Waals surface area contributed by atoms with E-state index in [1.807, 2.05) is 6.92 Å². The topological polar surface area (TPSA) is 86.7 Å². The molecule has 0 radical (unpaired) electrons. The molecule has 112 valence electrons. The molecule has 0 amide bonds. The molecule has 0 spiro atoms. The highest BCUT2D eigenvalue weighted by Crippen LogP contribution is 2.16. The van der Waals surface area contributed by atoms with E-state index in [4.69, 9.17) is 14.2 Å². The van der Waals surface area contributed by atoms with E-state index in [1.165, 1.54) is 14.2 Å². The fourth-order valence-electron chi connectivity index (χ4n) is 1.53. The summed E-state index contributed by atoms with van der Waals surface area (Å²) in [4.78, 5) is 25.5. The van der Waals surface area contributed by atoms with E-state index >= 15 is 0 Å². The van der Waals surface area contributed by atoms with Gasteiger partial charge in [0.25, 0.3) is 0 Å². The Kier molecular flexibility index (Phi) is 6.48. The maximum absolute atomic E-state index is 11.6. The van der Waals surface area contributed by atoms with E-state index < -0.39 is 0 Å². The number of rotatable bonds is 8. The number of ether oxygens (including phenoxy) is 3. The van der Waals surface area contributed by atoms with Crippen LogP contribution in [0.4, 0.5) is 5.95 Å². The molecule has 0 saturated heterocycles. The summed E-state index contributed by atoms with van der Waals surface area (Å²) in [5.74, 6) is -0.0112. The maximum atomic E-state index is 11.6. The largest absolute Gasteiger partial charge is 0.467 e. The summed E-state index contributed by atoms with van der Waals surface area (Å²) in [6, 6.07) is 0.272. The van der Waals surface area contributed by atoms with Gasteiger partial charge in [0.1, 0.15) is 6.54 Å². The minimum atomic E-state index is -0.334. The molecule has 8 heteroatoms.